The van der Waals surface area contributed by atoms with Crippen LogP contribution in [0.2, 0.25) is 5.02 Å². The number of ketones is 1. The topological polar surface area (TPSA) is 47.6 Å². The summed E-state index contributed by atoms with van der Waals surface area (Å²) in [5.41, 5.74) is 3.38. The predicted molar refractivity (Wildman–Crippen MR) is 65.7 cm³/mol. The van der Waals surface area contributed by atoms with Gasteiger partial charge in [-0.05, 0) is 42.5 Å². The first-order valence-corrected chi connectivity index (χ1v) is 5.65. The first kappa shape index (κ1) is 11.1. The number of nitrogens with one attached hydrogen (secondary N) is 1. The third-order valence-electron chi connectivity index (χ3n) is 2.62. The molecule has 0 atom stereocenters. The molecule has 4 nitrogen and oxygen atoms in total. The molecule has 1 aliphatic heterocycles. The van der Waals surface area contributed by atoms with Gasteiger partial charge >= 0.3 is 0 Å². The van der Waals surface area contributed by atoms with E-state index in [2.05, 4.69) is 5.64 Å². The normalized spacial score (nSPS) is 12.5. The van der Waals surface area contributed by atoms with E-state index in [1.54, 1.807) is 42.5 Å². The molecular weight excluding hydrogens is 254 g/mol. The number of halogens is 1. The van der Waals surface area contributed by atoms with Crippen molar-refractivity contribution in [1.82, 2.24) is 5.64 Å². The van der Waals surface area contributed by atoms with Crippen molar-refractivity contribution in [2.24, 2.45) is 0 Å². The predicted octanol–water partition coefficient (Wildman–Crippen LogP) is 2.76. The summed E-state index contributed by atoms with van der Waals surface area (Å²) in [6.07, 6.45) is 0. The van der Waals surface area contributed by atoms with Crippen LogP contribution in [0.4, 0.5) is 0 Å². The highest BCUT2D eigenvalue weighted by Crippen LogP contribution is 2.31. The molecule has 2 aromatic carbocycles. The van der Waals surface area contributed by atoms with Crippen LogP contribution in [-0.2, 0) is 0 Å². The maximum Gasteiger partial charge on any atom is 0.196 e. The average Bonchev–Trinajstić information content (AvgIpc) is 2.86. The summed E-state index contributed by atoms with van der Waals surface area (Å²) in [5.74, 6) is 0.961. The van der Waals surface area contributed by atoms with Crippen LogP contribution in [-0.4, -0.2) is 5.78 Å². The van der Waals surface area contributed by atoms with E-state index < -0.39 is 0 Å². The van der Waals surface area contributed by atoms with Gasteiger partial charge < -0.3 is 9.68 Å². The van der Waals surface area contributed by atoms with Crippen LogP contribution in [0.3, 0.4) is 0 Å². The van der Waals surface area contributed by atoms with Crippen molar-refractivity contribution in [2.45, 2.75) is 0 Å². The molecule has 0 radical (unpaired) electrons. The second-order valence-electron chi connectivity index (χ2n) is 3.78. The lowest BCUT2D eigenvalue weighted by atomic mass is 10.0. The molecule has 5 heteroatoms. The summed E-state index contributed by atoms with van der Waals surface area (Å²) in [5, 5.41) is 0.599. The molecule has 0 aliphatic carbocycles. The number of carbonyl (C=O) groups is 1. The van der Waals surface area contributed by atoms with Gasteiger partial charge in [0.2, 0.25) is 0 Å². The van der Waals surface area contributed by atoms with E-state index in [4.69, 9.17) is 21.3 Å². The SMILES string of the molecule is O=C(c1ccc(Cl)cc1)c1ccc2c(c1)ONO2. The average molecular weight is 262 g/mol. The molecule has 0 amide bonds. The van der Waals surface area contributed by atoms with E-state index >= 15 is 0 Å². The van der Waals surface area contributed by atoms with E-state index in [1.165, 1.54) is 0 Å². The molecule has 1 heterocycles. The molecular formula is C13H8ClNO3. The fourth-order valence-corrected chi connectivity index (χ4v) is 1.82. The highest BCUT2D eigenvalue weighted by atomic mass is 35.5. The van der Waals surface area contributed by atoms with Crippen LogP contribution in [0.15, 0.2) is 42.5 Å². The van der Waals surface area contributed by atoms with Crippen LogP contribution in [0.25, 0.3) is 0 Å². The van der Waals surface area contributed by atoms with E-state index in [-0.39, 0.29) is 5.78 Å². The maximum atomic E-state index is 12.2. The van der Waals surface area contributed by atoms with Crippen LogP contribution < -0.4 is 15.3 Å². The van der Waals surface area contributed by atoms with E-state index in [1.807, 2.05) is 0 Å². The van der Waals surface area contributed by atoms with Crippen molar-refractivity contribution >= 4 is 17.4 Å². The number of hydrogen-bond acceptors (Lipinski definition) is 4. The smallest absolute Gasteiger partial charge is 0.196 e. The Labute approximate surface area is 108 Å². The zero-order valence-corrected chi connectivity index (χ0v) is 9.90. The molecule has 2 aromatic rings. The minimum atomic E-state index is -0.0926. The zero-order chi connectivity index (χ0) is 12.5. The van der Waals surface area contributed by atoms with Gasteiger partial charge in [-0.2, -0.15) is 0 Å². The lowest BCUT2D eigenvalue weighted by Crippen LogP contribution is -2.14. The number of carbonyl (C=O) groups excluding carboxylic acids is 1. The van der Waals surface area contributed by atoms with Gasteiger partial charge in [-0.1, -0.05) is 11.6 Å². The van der Waals surface area contributed by atoms with E-state index in [9.17, 15) is 4.79 Å². The summed E-state index contributed by atoms with van der Waals surface area (Å²) in [7, 11) is 0. The lowest BCUT2D eigenvalue weighted by molar-refractivity contribution is 0.0259. The molecule has 0 fully saturated rings. The molecule has 18 heavy (non-hydrogen) atoms. The number of rotatable bonds is 2. The summed E-state index contributed by atoms with van der Waals surface area (Å²) in [6.45, 7) is 0. The Morgan fingerprint density at radius 3 is 2.39 bits per heavy atom. The van der Waals surface area contributed by atoms with Crippen LogP contribution in [0.1, 0.15) is 15.9 Å². The Bertz CT molecular complexity index is 610. The van der Waals surface area contributed by atoms with E-state index in [0.717, 1.165) is 0 Å². The van der Waals surface area contributed by atoms with Crippen molar-refractivity contribution in [3.63, 3.8) is 0 Å². The lowest BCUT2D eigenvalue weighted by Gasteiger charge is -2.02. The van der Waals surface area contributed by atoms with Crippen molar-refractivity contribution in [2.75, 3.05) is 0 Å². The number of benzene rings is 2. The number of fused-ring (bicyclic) bond motifs is 1. The molecule has 1 aliphatic rings. The first-order valence-electron chi connectivity index (χ1n) is 5.27. The van der Waals surface area contributed by atoms with E-state index in [0.29, 0.717) is 27.6 Å². The van der Waals surface area contributed by atoms with Crippen molar-refractivity contribution in [3.05, 3.63) is 58.6 Å². The Morgan fingerprint density at radius 1 is 0.944 bits per heavy atom. The molecule has 3 rings (SSSR count). The van der Waals surface area contributed by atoms with Crippen molar-refractivity contribution < 1.29 is 14.5 Å². The standard InChI is InChI=1S/C13H8ClNO3/c14-10-4-1-8(2-5-10)13(16)9-3-6-11-12(7-9)18-15-17-11/h1-7,15H. The molecule has 0 unspecified atom stereocenters. The maximum absolute atomic E-state index is 12.2. The molecule has 0 saturated carbocycles. The third-order valence-corrected chi connectivity index (χ3v) is 2.87. The van der Waals surface area contributed by atoms with Crippen molar-refractivity contribution in [1.29, 1.82) is 0 Å². The quantitative estimate of drug-likeness (QED) is 0.845. The van der Waals surface area contributed by atoms with Crippen LogP contribution >= 0.6 is 11.6 Å². The Kier molecular flexibility index (Phi) is 2.66. The van der Waals surface area contributed by atoms with Gasteiger partial charge in [0.1, 0.15) is 0 Å². The fourth-order valence-electron chi connectivity index (χ4n) is 1.69. The summed E-state index contributed by atoms with van der Waals surface area (Å²) in [4.78, 5) is 22.1. The molecule has 1 N–H and O–H groups in total. The summed E-state index contributed by atoms with van der Waals surface area (Å²) < 4.78 is 0. The van der Waals surface area contributed by atoms with Gasteiger partial charge in [-0.25, -0.2) is 0 Å². The van der Waals surface area contributed by atoms with Gasteiger partial charge in [0, 0.05) is 21.8 Å². The highest BCUT2D eigenvalue weighted by molar-refractivity contribution is 6.30. The van der Waals surface area contributed by atoms with Gasteiger partial charge in [-0.15, -0.1) is 0 Å². The second kappa shape index (κ2) is 4.33. The molecule has 0 bridgehead atoms. The minimum Gasteiger partial charge on any atom is -0.370 e. The van der Waals surface area contributed by atoms with Gasteiger partial charge in [0.05, 0.1) is 0 Å². The van der Waals surface area contributed by atoms with Crippen LogP contribution in [0.5, 0.6) is 11.5 Å². The minimum absolute atomic E-state index is 0.0926. The molecule has 0 saturated heterocycles. The monoisotopic (exact) mass is 261 g/mol. The van der Waals surface area contributed by atoms with Gasteiger partial charge in [0.25, 0.3) is 0 Å². The summed E-state index contributed by atoms with van der Waals surface area (Å²) >= 11 is 5.78. The molecule has 90 valence electrons. The number of hydrogen-bond donors (Lipinski definition) is 1. The largest absolute Gasteiger partial charge is 0.370 e. The van der Waals surface area contributed by atoms with Crippen LogP contribution in [0, 0.1) is 0 Å². The Hall–Kier alpha value is -2.04. The highest BCUT2D eigenvalue weighted by Gasteiger charge is 2.17. The second-order valence-corrected chi connectivity index (χ2v) is 4.22. The summed E-state index contributed by atoms with van der Waals surface area (Å²) in [6, 6.07) is 11.7. The third kappa shape index (κ3) is 1.92. The Morgan fingerprint density at radius 2 is 1.61 bits per heavy atom. The molecule has 0 spiro atoms. The molecule has 0 aromatic heterocycles. The zero-order valence-electron chi connectivity index (χ0n) is 9.14. The van der Waals surface area contributed by atoms with Gasteiger partial charge in [0.15, 0.2) is 17.3 Å². The Balaban J connectivity index is 1.95. The fraction of sp³-hybridized carbons (Fsp3) is 0. The first-order chi connectivity index (χ1) is 8.74. The van der Waals surface area contributed by atoms with Gasteiger partial charge in [-0.3, -0.25) is 4.79 Å². The van der Waals surface area contributed by atoms with Crippen molar-refractivity contribution in [3.8, 4) is 11.5 Å².